The fraction of sp³-hybridized carbons (Fsp3) is 0.833. The molecule has 1 saturated heterocycles. The summed E-state index contributed by atoms with van der Waals surface area (Å²) in [4.78, 5) is 0.620. The van der Waals surface area contributed by atoms with Crippen molar-refractivity contribution in [3.63, 3.8) is 0 Å². The molecule has 3 heteroatoms. The molecule has 1 atom stereocenters. The molecular formula is C6H12N2S. The van der Waals surface area contributed by atoms with Crippen LogP contribution in [0.1, 0.15) is 19.3 Å². The first-order valence-corrected chi connectivity index (χ1v) is 3.74. The lowest BCUT2D eigenvalue weighted by molar-refractivity contribution is 0.473. The summed E-state index contributed by atoms with van der Waals surface area (Å²) >= 11 is 4.83. The number of hydrogen-bond donors (Lipinski definition) is 2. The largest absolute Gasteiger partial charge is 0.392 e. The van der Waals surface area contributed by atoms with Crippen LogP contribution in [0.4, 0.5) is 0 Å². The maximum Gasteiger partial charge on any atom is 0.0899 e. The normalized spacial score (nSPS) is 27.8. The molecule has 0 spiro atoms. The van der Waals surface area contributed by atoms with Gasteiger partial charge in [0.1, 0.15) is 0 Å². The number of hydrogen-bond acceptors (Lipinski definition) is 2. The van der Waals surface area contributed by atoms with E-state index in [2.05, 4.69) is 5.32 Å². The van der Waals surface area contributed by atoms with E-state index >= 15 is 0 Å². The van der Waals surface area contributed by atoms with Crippen LogP contribution in [0.3, 0.4) is 0 Å². The second-order valence-electron chi connectivity index (χ2n) is 2.40. The molecule has 0 unspecified atom stereocenters. The minimum Gasteiger partial charge on any atom is -0.392 e. The summed E-state index contributed by atoms with van der Waals surface area (Å²) in [6.07, 6.45) is 3.64. The molecule has 0 aliphatic carbocycles. The quantitative estimate of drug-likeness (QED) is 0.524. The van der Waals surface area contributed by atoms with Crippen LogP contribution in [-0.2, 0) is 0 Å². The van der Waals surface area contributed by atoms with Crippen LogP contribution in [0, 0.1) is 0 Å². The van der Waals surface area contributed by atoms with Crippen LogP contribution in [0.2, 0.25) is 0 Å². The fourth-order valence-electron chi connectivity index (χ4n) is 1.09. The first kappa shape index (κ1) is 6.96. The summed E-state index contributed by atoms with van der Waals surface area (Å²) < 4.78 is 0. The third-order valence-electron chi connectivity index (χ3n) is 1.65. The molecular weight excluding hydrogens is 132 g/mol. The van der Waals surface area contributed by atoms with Crippen molar-refractivity contribution in [2.24, 2.45) is 5.73 Å². The van der Waals surface area contributed by atoms with Gasteiger partial charge in [0, 0.05) is 0 Å². The molecule has 0 bridgehead atoms. The number of rotatable bonds is 1. The zero-order valence-electron chi connectivity index (χ0n) is 5.39. The molecule has 1 fully saturated rings. The smallest absolute Gasteiger partial charge is 0.0899 e. The number of piperidine rings is 1. The summed E-state index contributed by atoms with van der Waals surface area (Å²) in [7, 11) is 0. The Balaban J connectivity index is 2.31. The molecule has 9 heavy (non-hydrogen) atoms. The highest BCUT2D eigenvalue weighted by Crippen LogP contribution is 2.06. The van der Waals surface area contributed by atoms with Gasteiger partial charge in [-0.1, -0.05) is 18.6 Å². The van der Waals surface area contributed by atoms with Gasteiger partial charge < -0.3 is 11.1 Å². The van der Waals surface area contributed by atoms with Crippen molar-refractivity contribution in [1.82, 2.24) is 5.32 Å². The van der Waals surface area contributed by atoms with Crippen molar-refractivity contribution >= 4 is 17.2 Å². The van der Waals surface area contributed by atoms with Gasteiger partial charge in [-0.05, 0) is 19.4 Å². The topological polar surface area (TPSA) is 38.0 Å². The Morgan fingerprint density at radius 1 is 1.56 bits per heavy atom. The van der Waals surface area contributed by atoms with Gasteiger partial charge in [0.15, 0.2) is 0 Å². The van der Waals surface area contributed by atoms with Gasteiger partial charge in [-0.2, -0.15) is 0 Å². The molecule has 1 aliphatic rings. The van der Waals surface area contributed by atoms with E-state index in [0.717, 1.165) is 13.0 Å². The highest BCUT2D eigenvalue weighted by molar-refractivity contribution is 7.80. The van der Waals surface area contributed by atoms with E-state index in [4.69, 9.17) is 18.0 Å². The zero-order chi connectivity index (χ0) is 6.69. The van der Waals surface area contributed by atoms with Gasteiger partial charge >= 0.3 is 0 Å². The minimum absolute atomic E-state index is 0.314. The molecule has 0 saturated carbocycles. The number of nitrogens with one attached hydrogen (secondary N) is 1. The predicted octanol–water partition coefficient (Wildman–Crippen LogP) is 0.415. The molecule has 2 nitrogen and oxygen atoms in total. The Hall–Kier alpha value is -0.150. The molecule has 0 aromatic rings. The monoisotopic (exact) mass is 144 g/mol. The van der Waals surface area contributed by atoms with E-state index in [0.29, 0.717) is 11.0 Å². The Labute approximate surface area is 60.8 Å². The lowest BCUT2D eigenvalue weighted by atomic mass is 10.1. The van der Waals surface area contributed by atoms with Gasteiger partial charge in [0.05, 0.1) is 11.0 Å². The summed E-state index contributed by atoms with van der Waals surface area (Å²) in [6, 6.07) is 0.314. The van der Waals surface area contributed by atoms with Gasteiger partial charge in [0.2, 0.25) is 0 Å². The van der Waals surface area contributed by atoms with Gasteiger partial charge in [-0.3, -0.25) is 0 Å². The second kappa shape index (κ2) is 3.13. The zero-order valence-corrected chi connectivity index (χ0v) is 6.21. The fourth-order valence-corrected chi connectivity index (χ4v) is 1.30. The van der Waals surface area contributed by atoms with Crippen molar-refractivity contribution in [1.29, 1.82) is 0 Å². The van der Waals surface area contributed by atoms with Gasteiger partial charge in [-0.15, -0.1) is 0 Å². The summed E-state index contributed by atoms with van der Waals surface area (Å²) in [5, 5.41) is 3.25. The maximum atomic E-state index is 5.44. The van der Waals surface area contributed by atoms with Crippen LogP contribution in [0.25, 0.3) is 0 Å². The van der Waals surface area contributed by atoms with Gasteiger partial charge in [0.25, 0.3) is 0 Å². The molecule has 0 amide bonds. The van der Waals surface area contributed by atoms with Gasteiger partial charge in [-0.25, -0.2) is 0 Å². The molecule has 3 N–H and O–H groups in total. The molecule has 52 valence electrons. The van der Waals surface area contributed by atoms with E-state index in [1.54, 1.807) is 0 Å². The molecule has 0 aromatic carbocycles. The molecule has 1 heterocycles. The SMILES string of the molecule is NC(=S)[C@H]1CCCCN1. The summed E-state index contributed by atoms with van der Waals surface area (Å²) in [6.45, 7) is 1.07. The van der Waals surface area contributed by atoms with Crippen LogP contribution in [0.5, 0.6) is 0 Å². The van der Waals surface area contributed by atoms with E-state index in [1.165, 1.54) is 12.8 Å². The van der Waals surface area contributed by atoms with E-state index in [1.807, 2.05) is 0 Å². The Morgan fingerprint density at radius 3 is 2.67 bits per heavy atom. The Kier molecular flexibility index (Phi) is 2.42. The van der Waals surface area contributed by atoms with Crippen molar-refractivity contribution in [2.75, 3.05) is 6.54 Å². The molecule has 1 aliphatic heterocycles. The first-order chi connectivity index (χ1) is 4.30. The van der Waals surface area contributed by atoms with Crippen LogP contribution in [0.15, 0.2) is 0 Å². The number of thiocarbonyl (C=S) groups is 1. The van der Waals surface area contributed by atoms with E-state index in [9.17, 15) is 0 Å². The van der Waals surface area contributed by atoms with Crippen LogP contribution < -0.4 is 11.1 Å². The first-order valence-electron chi connectivity index (χ1n) is 3.33. The average molecular weight is 144 g/mol. The van der Waals surface area contributed by atoms with Crippen LogP contribution in [-0.4, -0.2) is 17.6 Å². The second-order valence-corrected chi connectivity index (χ2v) is 2.88. The molecule has 1 rings (SSSR count). The predicted molar refractivity (Wildman–Crippen MR) is 42.4 cm³/mol. The van der Waals surface area contributed by atoms with E-state index < -0.39 is 0 Å². The molecule has 0 aromatic heterocycles. The average Bonchev–Trinajstić information content (AvgIpc) is 1.90. The highest BCUT2D eigenvalue weighted by Gasteiger charge is 2.13. The maximum absolute atomic E-state index is 5.44. The lowest BCUT2D eigenvalue weighted by Crippen LogP contribution is -2.43. The van der Waals surface area contributed by atoms with Crippen molar-refractivity contribution in [3.05, 3.63) is 0 Å². The van der Waals surface area contributed by atoms with E-state index in [-0.39, 0.29) is 0 Å². The molecule has 0 radical (unpaired) electrons. The summed E-state index contributed by atoms with van der Waals surface area (Å²) in [5.74, 6) is 0. The summed E-state index contributed by atoms with van der Waals surface area (Å²) in [5.41, 5.74) is 5.44. The highest BCUT2D eigenvalue weighted by atomic mass is 32.1. The Bertz CT molecular complexity index is 108. The number of nitrogens with two attached hydrogens (primary N) is 1. The van der Waals surface area contributed by atoms with Crippen molar-refractivity contribution < 1.29 is 0 Å². The third-order valence-corrected chi connectivity index (χ3v) is 1.94. The minimum atomic E-state index is 0.314. The lowest BCUT2D eigenvalue weighted by Gasteiger charge is -2.21. The standard InChI is InChI=1S/C6H12N2S/c7-6(9)5-3-1-2-4-8-5/h5,8H,1-4H2,(H2,7,9)/t5-/m1/s1. The third kappa shape index (κ3) is 1.91. The van der Waals surface area contributed by atoms with Crippen LogP contribution >= 0.6 is 12.2 Å². The van der Waals surface area contributed by atoms with Crippen molar-refractivity contribution in [2.45, 2.75) is 25.3 Å². The van der Waals surface area contributed by atoms with Crippen molar-refractivity contribution in [3.8, 4) is 0 Å². The Morgan fingerprint density at radius 2 is 2.33 bits per heavy atom.